The normalized spacial score (nSPS) is 29.9. The molecule has 2 fully saturated rings. The molecule has 21 heavy (non-hydrogen) atoms. The van der Waals surface area contributed by atoms with Crippen molar-refractivity contribution < 1.29 is 19.1 Å². The van der Waals surface area contributed by atoms with Gasteiger partial charge in [0.1, 0.15) is 6.10 Å². The van der Waals surface area contributed by atoms with Gasteiger partial charge in [0.05, 0.1) is 25.4 Å². The second-order valence-corrected chi connectivity index (χ2v) is 5.95. The molecule has 0 unspecified atom stereocenters. The van der Waals surface area contributed by atoms with Gasteiger partial charge in [-0.2, -0.15) is 0 Å². The third kappa shape index (κ3) is 4.66. The molecule has 0 saturated carbocycles. The van der Waals surface area contributed by atoms with Crippen molar-refractivity contribution in [2.45, 2.75) is 38.1 Å². The summed E-state index contributed by atoms with van der Waals surface area (Å²) in [4.78, 5) is 26.9. The number of primary amides is 1. The predicted octanol–water partition coefficient (Wildman–Crippen LogP) is -0.802. The van der Waals surface area contributed by atoms with E-state index in [4.69, 9.17) is 15.2 Å². The quantitative estimate of drug-likeness (QED) is 0.718. The van der Waals surface area contributed by atoms with Crippen LogP contribution in [0.3, 0.4) is 0 Å². The number of nitrogens with two attached hydrogens (primary N) is 1. The van der Waals surface area contributed by atoms with Crippen LogP contribution in [0.2, 0.25) is 0 Å². The summed E-state index contributed by atoms with van der Waals surface area (Å²) in [5.41, 5.74) is 5.17. The first-order valence-electron chi connectivity index (χ1n) is 7.48. The molecule has 0 aromatic heterocycles. The number of morpholine rings is 1. The van der Waals surface area contributed by atoms with E-state index in [0.29, 0.717) is 26.2 Å². The topological polar surface area (TPSA) is 85.1 Å². The van der Waals surface area contributed by atoms with Crippen LogP contribution in [0.15, 0.2) is 0 Å². The molecular weight excluding hydrogens is 274 g/mol. The third-order valence-electron chi connectivity index (χ3n) is 3.90. The lowest BCUT2D eigenvalue weighted by Gasteiger charge is -2.35. The summed E-state index contributed by atoms with van der Waals surface area (Å²) in [5.74, 6) is -0.306. The minimum atomic E-state index is -0.366. The molecule has 3 atom stereocenters. The summed E-state index contributed by atoms with van der Waals surface area (Å²) < 4.78 is 11.3. The first-order valence-corrected chi connectivity index (χ1v) is 7.48. The molecule has 0 aromatic carbocycles. The number of nitrogens with zero attached hydrogens (tertiary/aromatic N) is 2. The molecule has 7 heteroatoms. The van der Waals surface area contributed by atoms with Crippen LogP contribution >= 0.6 is 0 Å². The lowest BCUT2D eigenvalue weighted by atomic mass is 10.1. The Hall–Kier alpha value is -1.18. The maximum absolute atomic E-state index is 12.4. The Kier molecular flexibility index (Phi) is 5.55. The van der Waals surface area contributed by atoms with E-state index in [9.17, 15) is 9.59 Å². The van der Waals surface area contributed by atoms with Gasteiger partial charge in [0.25, 0.3) is 5.91 Å². The van der Waals surface area contributed by atoms with Crippen molar-refractivity contribution >= 4 is 11.8 Å². The van der Waals surface area contributed by atoms with Gasteiger partial charge in [0.15, 0.2) is 0 Å². The number of hydrogen-bond donors (Lipinski definition) is 1. The summed E-state index contributed by atoms with van der Waals surface area (Å²) in [6.07, 6.45) is 1.50. The van der Waals surface area contributed by atoms with E-state index in [0.717, 1.165) is 12.8 Å². The second-order valence-electron chi connectivity index (χ2n) is 5.95. The molecule has 2 saturated heterocycles. The van der Waals surface area contributed by atoms with Gasteiger partial charge in [-0.1, -0.05) is 0 Å². The molecule has 7 nitrogen and oxygen atoms in total. The molecule has 2 amide bonds. The van der Waals surface area contributed by atoms with Crippen LogP contribution in [0, 0.1) is 0 Å². The minimum Gasteiger partial charge on any atom is -0.373 e. The fraction of sp³-hybridized carbons (Fsp3) is 0.857. The van der Waals surface area contributed by atoms with Gasteiger partial charge in [0.2, 0.25) is 5.91 Å². The Bertz CT molecular complexity index is 390. The Morgan fingerprint density at radius 3 is 2.76 bits per heavy atom. The van der Waals surface area contributed by atoms with E-state index in [2.05, 4.69) is 0 Å². The number of likely N-dealkylation sites (N-methyl/N-ethyl adjacent to an activating group) is 1. The van der Waals surface area contributed by atoms with Gasteiger partial charge in [0, 0.05) is 19.6 Å². The van der Waals surface area contributed by atoms with Crippen molar-refractivity contribution in [3.8, 4) is 0 Å². The Morgan fingerprint density at radius 2 is 2.14 bits per heavy atom. The maximum Gasteiger partial charge on any atom is 0.251 e. The highest BCUT2D eigenvalue weighted by Gasteiger charge is 2.34. The number of ether oxygens (including phenoxy) is 2. The van der Waals surface area contributed by atoms with Crippen LogP contribution in [0.4, 0.5) is 0 Å². The third-order valence-corrected chi connectivity index (χ3v) is 3.90. The van der Waals surface area contributed by atoms with Crippen molar-refractivity contribution in [1.29, 1.82) is 0 Å². The number of rotatable bonds is 5. The highest BCUT2D eigenvalue weighted by atomic mass is 16.5. The highest BCUT2D eigenvalue weighted by molar-refractivity contribution is 5.81. The molecule has 2 N–H and O–H groups in total. The molecule has 0 aromatic rings. The molecule has 2 heterocycles. The van der Waals surface area contributed by atoms with Gasteiger partial charge < -0.3 is 20.1 Å². The maximum atomic E-state index is 12.4. The van der Waals surface area contributed by atoms with E-state index in [1.54, 1.807) is 0 Å². The lowest BCUT2D eigenvalue weighted by Crippen LogP contribution is -2.52. The Balaban J connectivity index is 1.82. The molecular formula is C14H25N3O4. The van der Waals surface area contributed by atoms with Crippen molar-refractivity contribution in [3.63, 3.8) is 0 Å². The minimum absolute atomic E-state index is 0.0604. The summed E-state index contributed by atoms with van der Waals surface area (Å²) in [6, 6.07) is 0. The number of amides is 2. The van der Waals surface area contributed by atoms with Crippen LogP contribution in [0.25, 0.3) is 0 Å². The van der Waals surface area contributed by atoms with E-state index in [1.165, 1.54) is 0 Å². The van der Waals surface area contributed by atoms with Gasteiger partial charge in [-0.25, -0.2) is 0 Å². The average molecular weight is 299 g/mol. The number of hydrogen-bond acceptors (Lipinski definition) is 5. The largest absolute Gasteiger partial charge is 0.373 e. The summed E-state index contributed by atoms with van der Waals surface area (Å²) in [5, 5.41) is 0. The first-order chi connectivity index (χ1) is 9.95. The van der Waals surface area contributed by atoms with Crippen LogP contribution in [0.5, 0.6) is 0 Å². The van der Waals surface area contributed by atoms with Crippen LogP contribution in [-0.2, 0) is 19.1 Å². The monoisotopic (exact) mass is 299 g/mol. The van der Waals surface area contributed by atoms with Crippen molar-refractivity contribution in [2.75, 3.05) is 39.8 Å². The van der Waals surface area contributed by atoms with Crippen LogP contribution in [0.1, 0.15) is 19.8 Å². The Morgan fingerprint density at radius 1 is 1.38 bits per heavy atom. The first kappa shape index (κ1) is 16.2. The average Bonchev–Trinajstić information content (AvgIpc) is 2.84. The van der Waals surface area contributed by atoms with Crippen LogP contribution < -0.4 is 5.73 Å². The fourth-order valence-electron chi connectivity index (χ4n) is 2.90. The second kappa shape index (κ2) is 7.20. The van der Waals surface area contributed by atoms with Crippen LogP contribution in [-0.4, -0.2) is 79.8 Å². The Labute approximate surface area is 125 Å². The predicted molar refractivity (Wildman–Crippen MR) is 76.6 cm³/mol. The van der Waals surface area contributed by atoms with Gasteiger partial charge in [-0.3, -0.25) is 14.5 Å². The smallest absolute Gasteiger partial charge is 0.251 e. The SMILES string of the molecule is C[C@@H]1CC[C@H](C(=O)N2CCO[C@@H](CN(C)CC(N)=O)C2)O1. The molecule has 2 aliphatic heterocycles. The molecule has 120 valence electrons. The zero-order chi connectivity index (χ0) is 15.4. The van der Waals surface area contributed by atoms with E-state index in [-0.39, 0.29) is 36.7 Å². The van der Waals surface area contributed by atoms with Gasteiger partial charge >= 0.3 is 0 Å². The zero-order valence-corrected chi connectivity index (χ0v) is 12.8. The van der Waals surface area contributed by atoms with Gasteiger partial charge in [-0.05, 0) is 26.8 Å². The van der Waals surface area contributed by atoms with E-state index >= 15 is 0 Å². The van der Waals surface area contributed by atoms with E-state index in [1.807, 2.05) is 23.8 Å². The molecule has 0 bridgehead atoms. The fourth-order valence-corrected chi connectivity index (χ4v) is 2.90. The van der Waals surface area contributed by atoms with Crippen molar-refractivity contribution in [1.82, 2.24) is 9.80 Å². The highest BCUT2D eigenvalue weighted by Crippen LogP contribution is 2.21. The number of carbonyl (C=O) groups is 2. The van der Waals surface area contributed by atoms with Gasteiger partial charge in [-0.15, -0.1) is 0 Å². The van der Waals surface area contributed by atoms with E-state index < -0.39 is 0 Å². The zero-order valence-electron chi connectivity index (χ0n) is 12.8. The summed E-state index contributed by atoms with van der Waals surface area (Å²) >= 11 is 0. The van der Waals surface area contributed by atoms with Crippen molar-refractivity contribution in [2.24, 2.45) is 5.73 Å². The van der Waals surface area contributed by atoms with Crippen molar-refractivity contribution in [3.05, 3.63) is 0 Å². The molecule has 2 aliphatic rings. The standard InChI is InChI=1S/C14H25N3O4/c1-10-3-4-12(21-10)14(19)17-5-6-20-11(8-17)7-16(2)9-13(15)18/h10-12H,3-9H2,1-2H3,(H2,15,18)/t10-,11+,12-/m1/s1. The molecule has 0 radical (unpaired) electrons. The molecule has 0 spiro atoms. The lowest BCUT2D eigenvalue weighted by molar-refractivity contribution is -0.150. The number of carbonyl (C=O) groups excluding carboxylic acids is 2. The summed E-state index contributed by atoms with van der Waals surface area (Å²) in [7, 11) is 1.82. The summed E-state index contributed by atoms with van der Waals surface area (Å²) in [6.45, 7) is 4.42. The molecule has 0 aliphatic carbocycles. The molecule has 2 rings (SSSR count).